The molecule has 0 aliphatic heterocycles. The van der Waals surface area contributed by atoms with E-state index in [1.165, 1.54) is 11.3 Å². The first-order valence-electron chi connectivity index (χ1n) is 10.6. The molecule has 1 heterocycles. The minimum Gasteiger partial charge on any atom is -0.462 e. The highest BCUT2D eigenvalue weighted by molar-refractivity contribution is 7.18. The van der Waals surface area contributed by atoms with Crippen LogP contribution in [0.3, 0.4) is 0 Å². The maximum Gasteiger partial charge on any atom is 0.338 e. The lowest BCUT2D eigenvalue weighted by Crippen LogP contribution is -2.29. The Balaban J connectivity index is 1.82. The minimum atomic E-state index is -1.59. The first-order valence-corrected chi connectivity index (χ1v) is 11.4. The van der Waals surface area contributed by atoms with Crippen molar-refractivity contribution in [3.8, 4) is 0 Å². The lowest BCUT2D eigenvalue weighted by molar-refractivity contribution is 0.0517. The van der Waals surface area contributed by atoms with Crippen LogP contribution < -0.4 is 0 Å². The highest BCUT2D eigenvalue weighted by Crippen LogP contribution is 2.40. The lowest BCUT2D eigenvalue weighted by Gasteiger charge is -2.27. The van der Waals surface area contributed by atoms with Gasteiger partial charge in [-0.2, -0.15) is 0 Å². The van der Waals surface area contributed by atoms with Gasteiger partial charge < -0.3 is 14.6 Å². The number of aliphatic hydroxyl groups is 1. The summed E-state index contributed by atoms with van der Waals surface area (Å²) in [6.45, 7) is 4.06. The molecule has 0 atom stereocenters. The van der Waals surface area contributed by atoms with E-state index in [0.717, 1.165) is 10.2 Å². The number of fused-ring (bicyclic) bond motifs is 1. The second-order valence-electron chi connectivity index (χ2n) is 7.29. The van der Waals surface area contributed by atoms with Gasteiger partial charge in [-0.25, -0.2) is 14.6 Å². The normalized spacial score (nSPS) is 11.4. The van der Waals surface area contributed by atoms with Gasteiger partial charge in [-0.15, -0.1) is 11.3 Å². The summed E-state index contributed by atoms with van der Waals surface area (Å²) in [6, 6.07) is 20.9. The maximum absolute atomic E-state index is 12.1. The summed E-state index contributed by atoms with van der Waals surface area (Å²) >= 11 is 1.39. The Morgan fingerprint density at radius 1 is 0.818 bits per heavy atom. The number of para-hydroxylation sites is 1. The number of esters is 2. The maximum atomic E-state index is 12.1. The zero-order valence-corrected chi connectivity index (χ0v) is 19.1. The summed E-state index contributed by atoms with van der Waals surface area (Å²) in [5, 5.41) is 12.6. The van der Waals surface area contributed by atoms with Crippen LogP contribution in [0.15, 0.2) is 72.8 Å². The van der Waals surface area contributed by atoms with Gasteiger partial charge in [-0.3, -0.25) is 0 Å². The van der Waals surface area contributed by atoms with Gasteiger partial charge in [0, 0.05) is 0 Å². The first-order chi connectivity index (χ1) is 16.0. The number of aromatic nitrogens is 1. The molecule has 1 aromatic heterocycles. The third kappa shape index (κ3) is 4.37. The fraction of sp³-hybridized carbons (Fsp3) is 0.192. The molecule has 6 nitrogen and oxygen atoms in total. The van der Waals surface area contributed by atoms with E-state index in [0.29, 0.717) is 27.3 Å². The van der Waals surface area contributed by atoms with Gasteiger partial charge in [0.15, 0.2) is 5.60 Å². The van der Waals surface area contributed by atoms with Crippen LogP contribution in [-0.2, 0) is 15.1 Å². The highest BCUT2D eigenvalue weighted by atomic mass is 32.1. The lowest BCUT2D eigenvalue weighted by atomic mass is 9.86. The molecule has 0 saturated heterocycles. The Morgan fingerprint density at radius 3 is 1.76 bits per heavy atom. The van der Waals surface area contributed by atoms with E-state index in [9.17, 15) is 14.7 Å². The second-order valence-corrected chi connectivity index (χ2v) is 8.32. The van der Waals surface area contributed by atoms with Crippen molar-refractivity contribution in [1.29, 1.82) is 0 Å². The Labute approximate surface area is 195 Å². The standard InChI is InChI=1S/C26H23NO5S/c1-3-31-23(28)17-9-13-19(14-10-17)26(30,25-27-21-7-5-6-8-22(21)33-25)20-15-11-18(12-16-20)24(29)32-4-2/h5-16,30H,3-4H2,1-2H3. The largest absolute Gasteiger partial charge is 0.462 e. The molecule has 3 aromatic carbocycles. The number of benzene rings is 3. The summed E-state index contributed by atoms with van der Waals surface area (Å²) in [7, 11) is 0. The minimum absolute atomic E-state index is 0.281. The molecule has 0 saturated carbocycles. The van der Waals surface area contributed by atoms with Crippen LogP contribution in [0, 0.1) is 0 Å². The van der Waals surface area contributed by atoms with Crippen molar-refractivity contribution in [1.82, 2.24) is 4.98 Å². The second kappa shape index (κ2) is 9.52. The summed E-state index contributed by atoms with van der Waals surface area (Å²) in [5.74, 6) is -0.849. The van der Waals surface area contributed by atoms with E-state index >= 15 is 0 Å². The number of rotatable bonds is 7. The Kier molecular flexibility index (Phi) is 6.53. The highest BCUT2D eigenvalue weighted by Gasteiger charge is 2.37. The molecule has 4 rings (SSSR count). The molecule has 7 heteroatoms. The fourth-order valence-electron chi connectivity index (χ4n) is 3.56. The molecule has 33 heavy (non-hydrogen) atoms. The van der Waals surface area contributed by atoms with Crippen LogP contribution in [0.2, 0.25) is 0 Å². The average molecular weight is 462 g/mol. The number of carbonyl (C=O) groups is 2. The van der Waals surface area contributed by atoms with Crippen LogP contribution in [0.5, 0.6) is 0 Å². The zero-order valence-electron chi connectivity index (χ0n) is 18.3. The Bertz CT molecular complexity index is 1180. The van der Waals surface area contributed by atoms with Crippen molar-refractivity contribution in [3.05, 3.63) is 100 Å². The van der Waals surface area contributed by atoms with E-state index in [1.54, 1.807) is 62.4 Å². The zero-order chi connectivity index (χ0) is 23.4. The molecule has 4 aromatic rings. The summed E-state index contributed by atoms with van der Waals surface area (Å²) < 4.78 is 11.1. The predicted octanol–water partition coefficient (Wildman–Crippen LogP) is 4.93. The van der Waals surface area contributed by atoms with Gasteiger partial charge in [0.1, 0.15) is 5.01 Å². The van der Waals surface area contributed by atoms with Crippen LogP contribution in [-0.4, -0.2) is 35.2 Å². The molecule has 0 amide bonds. The molecular weight excluding hydrogens is 438 g/mol. The molecule has 0 aliphatic carbocycles. The van der Waals surface area contributed by atoms with Crippen molar-refractivity contribution in [2.75, 3.05) is 13.2 Å². The fourth-order valence-corrected chi connectivity index (χ4v) is 4.67. The molecule has 0 radical (unpaired) electrons. The van der Waals surface area contributed by atoms with E-state index in [-0.39, 0.29) is 13.2 Å². The predicted molar refractivity (Wildman–Crippen MR) is 127 cm³/mol. The van der Waals surface area contributed by atoms with Crippen LogP contribution in [0.4, 0.5) is 0 Å². The average Bonchev–Trinajstić information content (AvgIpc) is 3.29. The topological polar surface area (TPSA) is 85.7 Å². The monoisotopic (exact) mass is 461 g/mol. The first kappa shape index (κ1) is 22.6. The van der Waals surface area contributed by atoms with Gasteiger partial charge in [-0.1, -0.05) is 36.4 Å². The summed E-state index contributed by atoms with van der Waals surface area (Å²) in [5.41, 5.74) is 1.05. The number of hydrogen-bond donors (Lipinski definition) is 1. The van der Waals surface area contributed by atoms with Gasteiger partial charge in [-0.05, 0) is 61.4 Å². The quantitative estimate of drug-likeness (QED) is 0.393. The molecule has 0 fully saturated rings. The van der Waals surface area contributed by atoms with E-state index < -0.39 is 17.5 Å². The number of carbonyl (C=O) groups excluding carboxylic acids is 2. The van der Waals surface area contributed by atoms with Crippen LogP contribution in [0.1, 0.15) is 50.7 Å². The number of hydrogen-bond acceptors (Lipinski definition) is 7. The molecule has 0 spiro atoms. The van der Waals surface area contributed by atoms with Crippen molar-refractivity contribution in [2.45, 2.75) is 19.4 Å². The SMILES string of the molecule is CCOC(=O)c1ccc(C(O)(c2ccc(C(=O)OCC)cc2)c2nc3ccccc3s2)cc1. The van der Waals surface area contributed by atoms with Gasteiger partial charge in [0.25, 0.3) is 0 Å². The van der Waals surface area contributed by atoms with E-state index in [4.69, 9.17) is 14.5 Å². The smallest absolute Gasteiger partial charge is 0.338 e. The van der Waals surface area contributed by atoms with E-state index in [2.05, 4.69) is 0 Å². The summed E-state index contributed by atoms with van der Waals surface area (Å²) in [4.78, 5) is 28.9. The molecular formula is C26H23NO5S. The van der Waals surface area contributed by atoms with Crippen molar-refractivity contribution < 1.29 is 24.2 Å². The van der Waals surface area contributed by atoms with Crippen molar-refractivity contribution in [3.63, 3.8) is 0 Å². The number of ether oxygens (including phenoxy) is 2. The third-order valence-electron chi connectivity index (χ3n) is 5.23. The molecule has 0 bridgehead atoms. The van der Waals surface area contributed by atoms with Gasteiger partial charge >= 0.3 is 11.9 Å². The van der Waals surface area contributed by atoms with Gasteiger partial charge in [0.2, 0.25) is 0 Å². The Hall–Kier alpha value is -3.55. The molecule has 0 unspecified atom stereocenters. The number of thiazole rings is 1. The molecule has 168 valence electrons. The van der Waals surface area contributed by atoms with Gasteiger partial charge in [0.05, 0.1) is 34.6 Å². The van der Waals surface area contributed by atoms with Crippen molar-refractivity contribution in [2.24, 2.45) is 0 Å². The van der Waals surface area contributed by atoms with Crippen LogP contribution in [0.25, 0.3) is 10.2 Å². The third-order valence-corrected chi connectivity index (χ3v) is 6.38. The van der Waals surface area contributed by atoms with E-state index in [1.807, 2.05) is 24.3 Å². The Morgan fingerprint density at radius 2 is 1.30 bits per heavy atom. The number of nitrogens with zero attached hydrogens (tertiary/aromatic N) is 1. The molecule has 0 aliphatic rings. The van der Waals surface area contributed by atoms with Crippen molar-refractivity contribution >= 4 is 33.5 Å². The summed E-state index contributed by atoms with van der Waals surface area (Å²) in [6.07, 6.45) is 0. The molecule has 1 N–H and O–H groups in total. The van der Waals surface area contributed by atoms with Crippen LogP contribution >= 0.6 is 11.3 Å².